The molecule has 3 rings (SSSR count). The van der Waals surface area contributed by atoms with Crippen LogP contribution in [-0.2, 0) is 0 Å². The smallest absolute Gasteiger partial charge is 0.225 e. The zero-order valence-electron chi connectivity index (χ0n) is 12.7. The molecule has 1 aliphatic heterocycles. The van der Waals surface area contributed by atoms with E-state index in [0.717, 1.165) is 35.6 Å². The van der Waals surface area contributed by atoms with Crippen molar-refractivity contribution < 1.29 is 0 Å². The van der Waals surface area contributed by atoms with Crippen LogP contribution in [0.4, 0.5) is 11.8 Å². The van der Waals surface area contributed by atoms with E-state index < -0.39 is 0 Å². The summed E-state index contributed by atoms with van der Waals surface area (Å²) < 4.78 is 0. The van der Waals surface area contributed by atoms with Gasteiger partial charge in [-0.3, -0.25) is 0 Å². The van der Waals surface area contributed by atoms with Gasteiger partial charge in [0.25, 0.3) is 0 Å². The fourth-order valence-corrected chi connectivity index (χ4v) is 3.91. The summed E-state index contributed by atoms with van der Waals surface area (Å²) in [6.07, 6.45) is 2.30. The third kappa shape index (κ3) is 3.07. The van der Waals surface area contributed by atoms with E-state index in [4.69, 9.17) is 4.98 Å². The number of hydrogen-bond donors (Lipinski definition) is 1. The highest BCUT2D eigenvalue weighted by molar-refractivity contribution is 7.99. The Balaban J connectivity index is 2.01. The normalized spacial score (nSPS) is 18.1. The molecule has 5 heteroatoms. The molecule has 112 valence electrons. The molecule has 1 aromatic carbocycles. The third-order valence-corrected chi connectivity index (χ3v) is 5.05. The molecule has 0 amide bonds. The summed E-state index contributed by atoms with van der Waals surface area (Å²) in [5.74, 6) is 4.22. The number of hydrogen-bond acceptors (Lipinski definition) is 5. The zero-order chi connectivity index (χ0) is 14.7. The molecule has 21 heavy (non-hydrogen) atoms. The Morgan fingerprint density at radius 1 is 1.33 bits per heavy atom. The van der Waals surface area contributed by atoms with Gasteiger partial charge in [0.2, 0.25) is 5.95 Å². The van der Waals surface area contributed by atoms with Crippen LogP contribution >= 0.6 is 11.8 Å². The monoisotopic (exact) mass is 302 g/mol. The summed E-state index contributed by atoms with van der Waals surface area (Å²) in [6, 6.07) is 8.86. The number of aromatic nitrogens is 2. The molecule has 1 aliphatic rings. The van der Waals surface area contributed by atoms with Crippen LogP contribution in [0.15, 0.2) is 24.3 Å². The van der Waals surface area contributed by atoms with Crippen molar-refractivity contribution in [3.8, 4) is 0 Å². The summed E-state index contributed by atoms with van der Waals surface area (Å²) >= 11 is 2.03. The van der Waals surface area contributed by atoms with Gasteiger partial charge in [-0.25, -0.2) is 4.98 Å². The number of fused-ring (bicyclic) bond motifs is 1. The van der Waals surface area contributed by atoms with Crippen LogP contribution < -0.4 is 10.2 Å². The van der Waals surface area contributed by atoms with Gasteiger partial charge in [0.05, 0.1) is 5.52 Å². The van der Waals surface area contributed by atoms with E-state index in [-0.39, 0.29) is 0 Å². The number of anilines is 2. The van der Waals surface area contributed by atoms with Gasteiger partial charge in [-0.15, -0.1) is 0 Å². The SMILES string of the molecule is CCCNc1nc(N(C)C2CCSC2)c2ccccc2n1. The minimum absolute atomic E-state index is 0.576. The highest BCUT2D eigenvalue weighted by Gasteiger charge is 2.23. The van der Waals surface area contributed by atoms with Crippen molar-refractivity contribution in [2.75, 3.05) is 35.3 Å². The van der Waals surface area contributed by atoms with Crippen LogP contribution in [0.25, 0.3) is 10.9 Å². The zero-order valence-corrected chi connectivity index (χ0v) is 13.5. The first-order valence-electron chi connectivity index (χ1n) is 7.61. The predicted octanol–water partition coefficient (Wildman–Crippen LogP) is 3.39. The molecular weight excluding hydrogens is 280 g/mol. The van der Waals surface area contributed by atoms with Crippen molar-refractivity contribution >= 4 is 34.4 Å². The van der Waals surface area contributed by atoms with Crippen molar-refractivity contribution in [3.63, 3.8) is 0 Å². The van der Waals surface area contributed by atoms with E-state index in [1.54, 1.807) is 0 Å². The molecule has 1 aromatic heterocycles. The summed E-state index contributed by atoms with van der Waals surface area (Å²) in [6.45, 7) is 3.05. The predicted molar refractivity (Wildman–Crippen MR) is 92.5 cm³/mol. The van der Waals surface area contributed by atoms with E-state index in [0.29, 0.717) is 6.04 Å². The minimum Gasteiger partial charge on any atom is -0.355 e. The molecule has 2 heterocycles. The van der Waals surface area contributed by atoms with E-state index >= 15 is 0 Å². The van der Waals surface area contributed by atoms with Crippen LogP contribution in [0, 0.1) is 0 Å². The Hall–Kier alpha value is -1.49. The fourth-order valence-electron chi connectivity index (χ4n) is 2.65. The maximum absolute atomic E-state index is 4.78. The Labute approximate surface area is 130 Å². The van der Waals surface area contributed by atoms with Crippen molar-refractivity contribution in [2.24, 2.45) is 0 Å². The van der Waals surface area contributed by atoms with Gasteiger partial charge in [0, 0.05) is 30.8 Å². The Kier molecular flexibility index (Phi) is 4.48. The molecule has 2 aromatic rings. The van der Waals surface area contributed by atoms with Crippen LogP contribution in [0.3, 0.4) is 0 Å². The molecule has 1 unspecified atom stereocenters. The maximum atomic E-state index is 4.78. The van der Waals surface area contributed by atoms with E-state index in [1.807, 2.05) is 17.8 Å². The number of nitrogens with zero attached hydrogens (tertiary/aromatic N) is 3. The number of benzene rings is 1. The number of para-hydroxylation sites is 1. The lowest BCUT2D eigenvalue weighted by atomic mass is 10.2. The topological polar surface area (TPSA) is 41.1 Å². The van der Waals surface area contributed by atoms with Crippen LogP contribution in [0.5, 0.6) is 0 Å². The number of thioether (sulfide) groups is 1. The molecule has 1 fully saturated rings. The molecule has 0 spiro atoms. The van der Waals surface area contributed by atoms with E-state index in [2.05, 4.69) is 47.4 Å². The van der Waals surface area contributed by atoms with Crippen molar-refractivity contribution in [2.45, 2.75) is 25.8 Å². The van der Waals surface area contributed by atoms with Gasteiger partial charge in [0.1, 0.15) is 5.82 Å². The summed E-state index contributed by atoms with van der Waals surface area (Å²) in [4.78, 5) is 11.7. The average Bonchev–Trinajstić information content (AvgIpc) is 3.05. The Bertz CT molecular complexity index is 610. The first-order valence-corrected chi connectivity index (χ1v) is 8.76. The molecule has 0 radical (unpaired) electrons. The highest BCUT2D eigenvalue weighted by atomic mass is 32.2. The maximum Gasteiger partial charge on any atom is 0.225 e. The quantitative estimate of drug-likeness (QED) is 0.917. The minimum atomic E-state index is 0.576. The van der Waals surface area contributed by atoms with E-state index in [9.17, 15) is 0 Å². The Morgan fingerprint density at radius 2 is 2.19 bits per heavy atom. The second-order valence-electron chi connectivity index (χ2n) is 5.44. The largest absolute Gasteiger partial charge is 0.355 e. The number of nitrogens with one attached hydrogen (secondary N) is 1. The standard InChI is InChI=1S/C16H22N4S/c1-3-9-17-16-18-14-7-5-4-6-13(14)15(19-16)20(2)12-8-10-21-11-12/h4-7,12H,3,8-11H2,1-2H3,(H,17,18,19). The number of rotatable bonds is 5. The van der Waals surface area contributed by atoms with Crippen molar-refractivity contribution in [3.05, 3.63) is 24.3 Å². The first-order chi connectivity index (χ1) is 10.3. The molecule has 0 aliphatic carbocycles. The van der Waals surface area contributed by atoms with Crippen LogP contribution in [0.1, 0.15) is 19.8 Å². The lowest BCUT2D eigenvalue weighted by Crippen LogP contribution is -2.32. The van der Waals surface area contributed by atoms with Crippen molar-refractivity contribution in [1.29, 1.82) is 0 Å². The fraction of sp³-hybridized carbons (Fsp3) is 0.500. The van der Waals surface area contributed by atoms with Gasteiger partial charge in [-0.2, -0.15) is 16.7 Å². The van der Waals surface area contributed by atoms with Gasteiger partial charge < -0.3 is 10.2 Å². The van der Waals surface area contributed by atoms with Gasteiger partial charge in [-0.1, -0.05) is 19.1 Å². The molecule has 0 saturated carbocycles. The Morgan fingerprint density at radius 3 is 2.95 bits per heavy atom. The van der Waals surface area contributed by atoms with Gasteiger partial charge in [0.15, 0.2) is 0 Å². The van der Waals surface area contributed by atoms with Gasteiger partial charge in [-0.05, 0) is 30.7 Å². The molecule has 1 saturated heterocycles. The molecule has 1 atom stereocenters. The lowest BCUT2D eigenvalue weighted by molar-refractivity contribution is 0.693. The molecule has 1 N–H and O–H groups in total. The van der Waals surface area contributed by atoms with Crippen molar-refractivity contribution in [1.82, 2.24) is 9.97 Å². The van der Waals surface area contributed by atoms with E-state index in [1.165, 1.54) is 17.9 Å². The lowest BCUT2D eigenvalue weighted by Gasteiger charge is -2.26. The van der Waals surface area contributed by atoms with Crippen LogP contribution in [0.2, 0.25) is 0 Å². The summed E-state index contributed by atoms with van der Waals surface area (Å²) in [5, 5.41) is 4.46. The summed E-state index contributed by atoms with van der Waals surface area (Å²) in [7, 11) is 2.16. The first kappa shape index (κ1) is 14.4. The molecule has 4 nitrogen and oxygen atoms in total. The highest BCUT2D eigenvalue weighted by Crippen LogP contribution is 2.30. The summed E-state index contributed by atoms with van der Waals surface area (Å²) in [5.41, 5.74) is 1.01. The molecule has 0 bridgehead atoms. The third-order valence-electron chi connectivity index (χ3n) is 3.90. The average molecular weight is 302 g/mol. The van der Waals surface area contributed by atoms with Gasteiger partial charge >= 0.3 is 0 Å². The second kappa shape index (κ2) is 6.52. The van der Waals surface area contributed by atoms with Crippen LogP contribution in [-0.4, -0.2) is 41.1 Å². The molecular formula is C16H22N4S. The second-order valence-corrected chi connectivity index (χ2v) is 6.59.